The van der Waals surface area contributed by atoms with E-state index >= 15 is 0 Å². The van der Waals surface area contributed by atoms with E-state index in [-0.39, 0.29) is 23.7 Å². The number of carbonyl (C=O) groups is 1. The molecule has 0 aromatic heterocycles. The van der Waals surface area contributed by atoms with Gasteiger partial charge in [0.1, 0.15) is 25.8 Å². The number of thioether (sulfide) groups is 1. The van der Waals surface area contributed by atoms with E-state index in [2.05, 4.69) is 32.6 Å². The van der Waals surface area contributed by atoms with Gasteiger partial charge in [0.2, 0.25) is 0 Å². The van der Waals surface area contributed by atoms with Crippen molar-refractivity contribution in [2.45, 2.75) is 25.4 Å². The molecular weight excluding hydrogens is 480 g/mol. The molecule has 2 aromatic carbocycles. The van der Waals surface area contributed by atoms with Gasteiger partial charge < -0.3 is 19.7 Å². The molecule has 2 heterocycles. The number of nitrogens with zero attached hydrogens (tertiary/aromatic N) is 5. The number of benzene rings is 2. The van der Waals surface area contributed by atoms with Crippen LogP contribution < -0.4 is 15.0 Å². The summed E-state index contributed by atoms with van der Waals surface area (Å²) in [4.78, 5) is 25.9. The van der Waals surface area contributed by atoms with Gasteiger partial charge in [0.05, 0.1) is 18.5 Å². The fourth-order valence-corrected chi connectivity index (χ4v) is 5.08. The molecule has 2 aliphatic rings. The maximum absolute atomic E-state index is 12.2. The number of carbonyl (C=O) groups excluding carboxylic acids is 1. The van der Waals surface area contributed by atoms with E-state index in [1.807, 2.05) is 53.8 Å². The first kappa shape index (κ1) is 25.1. The Morgan fingerprint density at radius 1 is 1.19 bits per heavy atom. The number of anilines is 1. The van der Waals surface area contributed by atoms with Crippen LogP contribution >= 0.6 is 11.8 Å². The van der Waals surface area contributed by atoms with Gasteiger partial charge in [-0.05, 0) is 19.1 Å². The van der Waals surface area contributed by atoms with Crippen LogP contribution in [0.3, 0.4) is 0 Å². The van der Waals surface area contributed by atoms with Gasteiger partial charge >= 0.3 is 0 Å². The smallest absolute Gasteiger partial charge is 0.273 e. The highest BCUT2D eigenvalue weighted by molar-refractivity contribution is 8.04. The van der Waals surface area contributed by atoms with E-state index in [0.717, 1.165) is 22.7 Å². The van der Waals surface area contributed by atoms with Gasteiger partial charge in [0.25, 0.3) is 5.91 Å². The number of likely N-dealkylation sites (N-methyl/N-ethyl adjacent to an activating group) is 1. The lowest BCUT2D eigenvalue weighted by molar-refractivity contribution is -0.114. The molecule has 4 rings (SSSR count). The molecular formula is C25H28N6O4S. The van der Waals surface area contributed by atoms with Gasteiger partial charge in [-0.2, -0.15) is 5.10 Å². The lowest BCUT2D eigenvalue weighted by atomic mass is 10.0. The molecule has 1 atom stereocenters. The second-order valence-electron chi connectivity index (χ2n) is 7.73. The summed E-state index contributed by atoms with van der Waals surface area (Å²) in [5.74, 6) is 0.444. The topological polar surface area (TPSA) is 100 Å². The van der Waals surface area contributed by atoms with Crippen molar-refractivity contribution in [1.29, 1.82) is 0 Å². The minimum atomic E-state index is -0.350. The molecule has 36 heavy (non-hydrogen) atoms. The molecule has 2 aliphatic heterocycles. The average molecular weight is 509 g/mol. The third-order valence-electron chi connectivity index (χ3n) is 5.63. The molecule has 0 bridgehead atoms. The van der Waals surface area contributed by atoms with Crippen LogP contribution in [-0.4, -0.2) is 55.9 Å². The molecule has 188 valence electrons. The van der Waals surface area contributed by atoms with Crippen molar-refractivity contribution in [3.05, 3.63) is 70.3 Å². The van der Waals surface area contributed by atoms with E-state index in [0.29, 0.717) is 12.0 Å². The fourth-order valence-electron chi connectivity index (χ4n) is 3.88. The number of hydrazone groups is 1. The first-order valence-electron chi connectivity index (χ1n) is 11.3. The highest BCUT2D eigenvalue weighted by Crippen LogP contribution is 2.45. The molecule has 0 saturated carbocycles. The molecule has 0 radical (unpaired) electrons. The standard InChI is InChI=1S/C25H28N6O4S/c1-17-20(31-25(36-17)30(16-27-31)21-11-7-8-12-22(21)33-3)13-14-28-35-15-18-9-5-6-10-19(18)23(29-34-4)24(32)26-2/h5-12,14,16,25H,13,15H2,1-4H3,(H,26,32)/b28-14?,29-23+. The van der Waals surface area contributed by atoms with Gasteiger partial charge in [-0.1, -0.05) is 58.5 Å². The van der Waals surface area contributed by atoms with Crippen LogP contribution in [0.1, 0.15) is 24.5 Å². The lowest BCUT2D eigenvalue weighted by Gasteiger charge is -2.26. The highest BCUT2D eigenvalue weighted by atomic mass is 32.2. The minimum absolute atomic E-state index is 0.0132. The number of rotatable bonds is 10. The van der Waals surface area contributed by atoms with Crippen LogP contribution in [0.2, 0.25) is 0 Å². The number of fused-ring (bicyclic) bond motifs is 1. The third kappa shape index (κ3) is 5.15. The molecule has 10 nitrogen and oxygen atoms in total. The Balaban J connectivity index is 1.38. The molecule has 1 unspecified atom stereocenters. The normalized spacial score (nSPS) is 17.1. The van der Waals surface area contributed by atoms with Crippen LogP contribution in [-0.2, 0) is 21.1 Å². The Labute approximate surface area is 214 Å². The third-order valence-corrected chi connectivity index (χ3v) is 6.85. The van der Waals surface area contributed by atoms with Crippen LogP contribution in [0, 0.1) is 0 Å². The van der Waals surface area contributed by atoms with E-state index in [1.54, 1.807) is 38.2 Å². The number of methoxy groups -OCH3 is 1. The molecule has 2 aromatic rings. The van der Waals surface area contributed by atoms with Gasteiger partial charge in [-0.15, -0.1) is 0 Å². The number of nitrogens with one attached hydrogen (secondary N) is 1. The van der Waals surface area contributed by atoms with Gasteiger partial charge in [-0.3, -0.25) is 9.69 Å². The zero-order valence-electron chi connectivity index (χ0n) is 20.5. The summed E-state index contributed by atoms with van der Waals surface area (Å²) in [5.41, 5.74) is 3.55. The first-order chi connectivity index (χ1) is 17.6. The Morgan fingerprint density at radius 3 is 2.75 bits per heavy atom. The number of oxime groups is 2. The molecule has 0 fully saturated rings. The molecule has 1 N–H and O–H groups in total. The van der Waals surface area contributed by atoms with Gasteiger partial charge in [-0.25, -0.2) is 5.01 Å². The lowest BCUT2D eigenvalue weighted by Crippen LogP contribution is -2.33. The van der Waals surface area contributed by atoms with Crippen LogP contribution in [0.25, 0.3) is 0 Å². The second kappa shape index (κ2) is 11.6. The van der Waals surface area contributed by atoms with E-state index in [4.69, 9.17) is 14.4 Å². The first-order valence-corrected chi connectivity index (χ1v) is 12.1. The predicted octanol–water partition coefficient (Wildman–Crippen LogP) is 3.71. The van der Waals surface area contributed by atoms with Crippen molar-refractivity contribution >= 4 is 41.6 Å². The maximum atomic E-state index is 12.2. The summed E-state index contributed by atoms with van der Waals surface area (Å²) in [7, 11) is 4.60. The van der Waals surface area contributed by atoms with Crippen LogP contribution in [0.5, 0.6) is 5.75 Å². The summed E-state index contributed by atoms with van der Waals surface area (Å²) >= 11 is 1.73. The SMILES string of the molecule is CNC(=O)/C(=N/OC)c1ccccc1CON=CCC1=C(C)SC2N1N=CN2c1ccccc1OC. The van der Waals surface area contributed by atoms with Crippen molar-refractivity contribution in [2.24, 2.45) is 15.4 Å². The Morgan fingerprint density at radius 2 is 1.97 bits per heavy atom. The quantitative estimate of drug-likeness (QED) is 0.386. The van der Waals surface area contributed by atoms with Gasteiger partial charge in [0, 0.05) is 35.7 Å². The largest absolute Gasteiger partial charge is 0.495 e. The number of hydrogen-bond donors (Lipinski definition) is 1. The number of allylic oxidation sites excluding steroid dienone is 2. The van der Waals surface area contributed by atoms with E-state index in [1.165, 1.54) is 12.0 Å². The summed E-state index contributed by atoms with van der Waals surface area (Å²) in [6, 6.07) is 15.2. The van der Waals surface area contributed by atoms with Crippen LogP contribution in [0.15, 0.2) is 74.5 Å². The van der Waals surface area contributed by atoms with Crippen molar-refractivity contribution in [3.63, 3.8) is 0 Å². The number of amides is 1. The van der Waals surface area contributed by atoms with Crippen molar-refractivity contribution in [2.75, 3.05) is 26.2 Å². The molecule has 1 amide bonds. The maximum Gasteiger partial charge on any atom is 0.273 e. The van der Waals surface area contributed by atoms with Gasteiger partial charge in [0.15, 0.2) is 11.2 Å². The molecule has 0 saturated heterocycles. The monoisotopic (exact) mass is 508 g/mol. The number of para-hydroxylation sites is 2. The Bertz CT molecular complexity index is 1230. The fraction of sp³-hybridized carbons (Fsp3) is 0.280. The minimum Gasteiger partial charge on any atom is -0.495 e. The highest BCUT2D eigenvalue weighted by Gasteiger charge is 2.39. The summed E-state index contributed by atoms with van der Waals surface area (Å²) < 4.78 is 5.53. The molecule has 0 spiro atoms. The summed E-state index contributed by atoms with van der Waals surface area (Å²) in [6.45, 7) is 2.25. The number of hydrogen-bond acceptors (Lipinski definition) is 10. The average Bonchev–Trinajstić information content (AvgIpc) is 3.45. The molecule has 0 aliphatic carbocycles. The summed E-state index contributed by atoms with van der Waals surface area (Å²) in [5, 5.41) is 17.2. The Hall–Kier alpha value is -3.99. The zero-order chi connectivity index (χ0) is 25.5. The zero-order valence-corrected chi connectivity index (χ0v) is 21.4. The van der Waals surface area contributed by atoms with Crippen LogP contribution in [0.4, 0.5) is 5.69 Å². The second-order valence-corrected chi connectivity index (χ2v) is 9.00. The molecule has 11 heteroatoms. The van der Waals surface area contributed by atoms with Crippen molar-refractivity contribution in [3.8, 4) is 5.75 Å². The summed E-state index contributed by atoms with van der Waals surface area (Å²) in [6.07, 6.45) is 4.09. The number of ether oxygens (including phenoxy) is 1. The van der Waals surface area contributed by atoms with Crippen molar-refractivity contribution in [1.82, 2.24) is 10.3 Å². The Kier molecular flexibility index (Phi) is 8.11. The predicted molar refractivity (Wildman–Crippen MR) is 142 cm³/mol. The van der Waals surface area contributed by atoms with E-state index in [9.17, 15) is 4.79 Å². The van der Waals surface area contributed by atoms with Crippen molar-refractivity contribution < 1.29 is 19.2 Å². The van der Waals surface area contributed by atoms with E-state index < -0.39 is 0 Å².